The van der Waals surface area contributed by atoms with Gasteiger partial charge in [-0.3, -0.25) is 10.1 Å². The molecule has 0 heterocycles. The second-order valence-corrected chi connectivity index (χ2v) is 7.90. The van der Waals surface area contributed by atoms with Gasteiger partial charge in [0.1, 0.15) is 6.61 Å². The number of carbonyl (C=O) groups excluding carboxylic acids is 2. The minimum atomic E-state index is -0.689. The lowest BCUT2D eigenvalue weighted by atomic mass is 9.98. The molecule has 3 aromatic carbocycles. The number of rotatable bonds is 5. The Balaban J connectivity index is 1.40. The van der Waals surface area contributed by atoms with Crippen molar-refractivity contribution >= 4 is 17.7 Å². The van der Waals surface area contributed by atoms with Gasteiger partial charge in [0, 0.05) is 23.6 Å². The van der Waals surface area contributed by atoms with Crippen molar-refractivity contribution in [2.75, 3.05) is 20.3 Å². The molecule has 0 radical (unpaired) electrons. The summed E-state index contributed by atoms with van der Waals surface area (Å²) < 4.78 is 10.2. The van der Waals surface area contributed by atoms with Crippen LogP contribution < -0.4 is 5.32 Å². The minimum absolute atomic E-state index is 0.0354. The van der Waals surface area contributed by atoms with E-state index in [0.29, 0.717) is 11.1 Å². The fourth-order valence-electron chi connectivity index (χ4n) is 4.16. The Bertz CT molecular complexity index is 1340. The monoisotopic (exact) mass is 470 g/mol. The number of nitro benzene ring substituents is 1. The molecule has 0 atom stereocenters. The van der Waals surface area contributed by atoms with Gasteiger partial charge in [0.15, 0.2) is 0 Å². The van der Waals surface area contributed by atoms with Gasteiger partial charge in [0.05, 0.1) is 24.1 Å². The number of alkyl carbamates (subject to hydrolysis) is 1. The van der Waals surface area contributed by atoms with E-state index in [9.17, 15) is 19.7 Å². The highest BCUT2D eigenvalue weighted by molar-refractivity contribution is 5.92. The fourth-order valence-corrected chi connectivity index (χ4v) is 4.16. The molecule has 8 nitrogen and oxygen atoms in total. The van der Waals surface area contributed by atoms with Crippen LogP contribution >= 0.6 is 0 Å². The molecule has 1 aliphatic rings. The van der Waals surface area contributed by atoms with Crippen LogP contribution in [0.1, 0.15) is 38.5 Å². The third-order valence-corrected chi connectivity index (χ3v) is 5.90. The predicted molar refractivity (Wildman–Crippen MR) is 129 cm³/mol. The molecule has 8 heteroatoms. The third-order valence-electron chi connectivity index (χ3n) is 5.90. The minimum Gasteiger partial charge on any atom is -0.465 e. The van der Waals surface area contributed by atoms with Crippen LogP contribution in [-0.2, 0) is 9.47 Å². The summed E-state index contributed by atoms with van der Waals surface area (Å²) in [5.41, 5.74) is 5.06. The molecule has 3 aromatic rings. The highest BCUT2D eigenvalue weighted by atomic mass is 16.6. The second kappa shape index (κ2) is 10.1. The van der Waals surface area contributed by atoms with E-state index in [-0.39, 0.29) is 30.3 Å². The summed E-state index contributed by atoms with van der Waals surface area (Å²) in [5, 5.41) is 13.8. The van der Waals surface area contributed by atoms with Crippen molar-refractivity contribution in [3.05, 3.63) is 98.6 Å². The molecule has 0 aromatic heterocycles. The van der Waals surface area contributed by atoms with Gasteiger partial charge in [0.25, 0.3) is 5.69 Å². The molecule has 176 valence electrons. The van der Waals surface area contributed by atoms with E-state index in [0.717, 1.165) is 28.3 Å². The van der Waals surface area contributed by atoms with Crippen molar-refractivity contribution in [2.45, 2.75) is 12.8 Å². The predicted octanol–water partition coefficient (Wildman–Crippen LogP) is 4.58. The molecule has 0 fully saturated rings. The van der Waals surface area contributed by atoms with E-state index < -0.39 is 17.0 Å². The van der Waals surface area contributed by atoms with Gasteiger partial charge in [-0.25, -0.2) is 9.59 Å². The first-order valence-corrected chi connectivity index (χ1v) is 10.9. The molecule has 1 amide bonds. The number of esters is 1. The summed E-state index contributed by atoms with van der Waals surface area (Å²) in [6.45, 7) is 1.77. The number of amides is 1. The van der Waals surface area contributed by atoms with E-state index in [1.807, 2.05) is 36.4 Å². The third kappa shape index (κ3) is 4.84. The summed E-state index contributed by atoms with van der Waals surface area (Å²) in [7, 11) is 1.20. The van der Waals surface area contributed by atoms with Crippen LogP contribution in [0.3, 0.4) is 0 Å². The molecule has 0 spiro atoms. The van der Waals surface area contributed by atoms with Gasteiger partial charge >= 0.3 is 12.1 Å². The Hall–Kier alpha value is -4.64. The first kappa shape index (κ1) is 23.5. The molecular formula is C27H22N2O6. The Morgan fingerprint density at radius 3 is 2.29 bits per heavy atom. The number of nitrogens with one attached hydrogen (secondary N) is 1. The Labute approximate surface area is 202 Å². The summed E-state index contributed by atoms with van der Waals surface area (Å²) in [4.78, 5) is 34.8. The van der Waals surface area contributed by atoms with Crippen LogP contribution in [0.15, 0.2) is 60.7 Å². The Morgan fingerprint density at radius 2 is 1.69 bits per heavy atom. The van der Waals surface area contributed by atoms with E-state index in [4.69, 9.17) is 9.47 Å². The maximum Gasteiger partial charge on any atom is 0.407 e. The molecular weight excluding hydrogens is 448 g/mol. The van der Waals surface area contributed by atoms with Crippen LogP contribution in [0.4, 0.5) is 10.5 Å². The SMILES string of the molecule is COC(=O)c1cc([N+](=O)[O-])cc(C#CCNC(=O)OCC2c3ccccc3-c3ccccc32)c1C. The molecule has 0 unspecified atom stereocenters. The molecule has 0 aliphatic heterocycles. The van der Waals surface area contributed by atoms with E-state index >= 15 is 0 Å². The number of methoxy groups -OCH3 is 1. The van der Waals surface area contributed by atoms with E-state index in [2.05, 4.69) is 29.3 Å². The van der Waals surface area contributed by atoms with Gasteiger partial charge in [-0.2, -0.15) is 0 Å². The average molecular weight is 470 g/mol. The lowest BCUT2D eigenvalue weighted by Crippen LogP contribution is -2.26. The van der Waals surface area contributed by atoms with Crippen molar-refractivity contribution in [1.29, 1.82) is 0 Å². The quantitative estimate of drug-likeness (QED) is 0.253. The number of nitrogens with zero attached hydrogens (tertiary/aromatic N) is 1. The van der Waals surface area contributed by atoms with Gasteiger partial charge in [-0.1, -0.05) is 60.4 Å². The highest BCUT2D eigenvalue weighted by Crippen LogP contribution is 2.44. The second-order valence-electron chi connectivity index (χ2n) is 7.90. The molecule has 1 aliphatic carbocycles. The number of ether oxygens (including phenoxy) is 2. The van der Waals surface area contributed by atoms with Crippen LogP contribution in [-0.4, -0.2) is 37.2 Å². The fraction of sp³-hybridized carbons (Fsp3) is 0.185. The van der Waals surface area contributed by atoms with Crippen molar-refractivity contribution in [1.82, 2.24) is 5.32 Å². The molecule has 0 saturated carbocycles. The molecule has 0 saturated heterocycles. The van der Waals surface area contributed by atoms with Gasteiger partial charge in [-0.15, -0.1) is 0 Å². The molecule has 4 rings (SSSR count). The number of fused-ring (bicyclic) bond motifs is 3. The van der Waals surface area contributed by atoms with Crippen LogP contribution in [0.2, 0.25) is 0 Å². The Kier molecular flexibility index (Phi) is 6.78. The normalized spacial score (nSPS) is 11.5. The largest absolute Gasteiger partial charge is 0.465 e. The standard InChI is InChI=1S/C27H22N2O6/c1-17-18(14-19(29(32)33)15-24(17)26(30)34-2)8-7-13-28-27(31)35-16-25-22-11-5-3-9-20(22)21-10-4-6-12-23(21)25/h3-6,9-12,14-15,25H,13,16H2,1-2H3,(H,28,31). The number of hydrogen-bond donors (Lipinski definition) is 1. The summed E-state index contributed by atoms with van der Waals surface area (Å²) >= 11 is 0. The summed E-state index contributed by atoms with van der Waals surface area (Å²) in [6, 6.07) is 18.5. The van der Waals surface area contributed by atoms with E-state index in [1.54, 1.807) is 6.92 Å². The van der Waals surface area contributed by atoms with Gasteiger partial charge in [-0.05, 0) is 34.7 Å². The van der Waals surface area contributed by atoms with Crippen molar-refractivity contribution in [3.63, 3.8) is 0 Å². The maximum atomic E-state index is 12.3. The zero-order chi connectivity index (χ0) is 24.9. The number of hydrogen-bond acceptors (Lipinski definition) is 6. The lowest BCUT2D eigenvalue weighted by molar-refractivity contribution is -0.384. The summed E-state index contributed by atoms with van der Waals surface area (Å²) in [5.74, 6) is 4.78. The van der Waals surface area contributed by atoms with Gasteiger partial charge < -0.3 is 14.8 Å². The highest BCUT2D eigenvalue weighted by Gasteiger charge is 2.28. The lowest BCUT2D eigenvalue weighted by Gasteiger charge is -2.14. The summed E-state index contributed by atoms with van der Waals surface area (Å²) in [6.07, 6.45) is -0.618. The smallest absolute Gasteiger partial charge is 0.407 e. The van der Waals surface area contributed by atoms with Crippen LogP contribution in [0.5, 0.6) is 0 Å². The molecule has 1 N–H and O–H groups in total. The number of nitro groups is 1. The topological polar surface area (TPSA) is 108 Å². The average Bonchev–Trinajstić information content (AvgIpc) is 3.19. The van der Waals surface area contributed by atoms with Crippen molar-refractivity contribution in [3.8, 4) is 23.0 Å². The Morgan fingerprint density at radius 1 is 1.06 bits per heavy atom. The first-order valence-electron chi connectivity index (χ1n) is 10.9. The first-order chi connectivity index (χ1) is 16.9. The van der Waals surface area contributed by atoms with E-state index in [1.165, 1.54) is 13.2 Å². The molecule has 0 bridgehead atoms. The van der Waals surface area contributed by atoms with Crippen LogP contribution in [0, 0.1) is 28.9 Å². The van der Waals surface area contributed by atoms with Crippen molar-refractivity contribution < 1.29 is 24.0 Å². The number of non-ortho nitro benzene ring substituents is 1. The van der Waals surface area contributed by atoms with Crippen LogP contribution in [0.25, 0.3) is 11.1 Å². The zero-order valence-electron chi connectivity index (χ0n) is 19.2. The maximum absolute atomic E-state index is 12.3. The number of carbonyl (C=O) groups is 2. The zero-order valence-corrected chi connectivity index (χ0v) is 19.2. The molecule has 35 heavy (non-hydrogen) atoms. The van der Waals surface area contributed by atoms with Gasteiger partial charge in [0.2, 0.25) is 0 Å². The van der Waals surface area contributed by atoms with Crippen molar-refractivity contribution in [2.24, 2.45) is 0 Å². The number of benzene rings is 3.